The minimum Gasteiger partial charge on any atom is -0.497 e. The molecule has 0 bridgehead atoms. The van der Waals surface area contributed by atoms with Gasteiger partial charge in [-0.15, -0.1) is 0 Å². The van der Waals surface area contributed by atoms with E-state index in [2.05, 4.69) is 17.6 Å². The third-order valence-corrected chi connectivity index (χ3v) is 3.95. The number of benzene rings is 1. The van der Waals surface area contributed by atoms with E-state index in [0.29, 0.717) is 6.42 Å². The second-order valence-electron chi connectivity index (χ2n) is 5.71. The molecule has 1 heterocycles. The summed E-state index contributed by atoms with van der Waals surface area (Å²) in [7, 11) is 1.65. The van der Waals surface area contributed by atoms with Gasteiger partial charge in [-0.2, -0.15) is 0 Å². The minimum absolute atomic E-state index is 0.0394. The lowest BCUT2D eigenvalue weighted by molar-refractivity contribution is -0.123. The van der Waals surface area contributed by atoms with Crippen LogP contribution >= 0.6 is 0 Å². The maximum Gasteiger partial charge on any atom is 0.220 e. The fourth-order valence-corrected chi connectivity index (χ4v) is 2.55. The van der Waals surface area contributed by atoms with Crippen LogP contribution in [0, 0.1) is 0 Å². The molecule has 1 amide bonds. The predicted octanol–water partition coefficient (Wildman–Crippen LogP) is 1.89. The van der Waals surface area contributed by atoms with Gasteiger partial charge in [-0.3, -0.25) is 4.79 Å². The van der Waals surface area contributed by atoms with E-state index in [4.69, 9.17) is 4.74 Å². The van der Waals surface area contributed by atoms with Crippen molar-refractivity contribution in [2.24, 2.45) is 0 Å². The lowest BCUT2D eigenvalue weighted by atomic mass is 9.90. The lowest BCUT2D eigenvalue weighted by Gasteiger charge is -2.35. The van der Waals surface area contributed by atoms with E-state index in [-0.39, 0.29) is 11.4 Å². The van der Waals surface area contributed by atoms with E-state index >= 15 is 0 Å². The molecular weight excluding hydrogens is 252 g/mol. The fourth-order valence-electron chi connectivity index (χ4n) is 2.55. The fraction of sp³-hybridized carbons (Fsp3) is 0.562. The van der Waals surface area contributed by atoms with Crippen molar-refractivity contribution in [2.45, 2.75) is 38.1 Å². The highest BCUT2D eigenvalue weighted by Crippen LogP contribution is 2.18. The van der Waals surface area contributed by atoms with Crippen molar-refractivity contribution < 1.29 is 9.53 Å². The molecule has 0 atom stereocenters. The van der Waals surface area contributed by atoms with Crippen molar-refractivity contribution in [3.63, 3.8) is 0 Å². The van der Waals surface area contributed by atoms with Crippen LogP contribution in [0.1, 0.15) is 31.7 Å². The molecule has 0 aromatic heterocycles. The molecule has 0 spiro atoms. The standard InChI is InChI=1S/C16H24N2O2/c1-16(9-11-17-12-10-16)18-15(19)8-5-13-3-6-14(20-2)7-4-13/h3-4,6-7,17H,5,8-12H2,1-2H3,(H,18,19). The molecule has 1 aromatic rings. The first-order valence-electron chi connectivity index (χ1n) is 7.26. The van der Waals surface area contributed by atoms with Gasteiger partial charge in [0.2, 0.25) is 5.91 Å². The van der Waals surface area contributed by atoms with Crippen molar-refractivity contribution in [3.8, 4) is 5.75 Å². The second-order valence-corrected chi connectivity index (χ2v) is 5.71. The van der Waals surface area contributed by atoms with Gasteiger partial charge in [0.15, 0.2) is 0 Å². The predicted molar refractivity (Wildman–Crippen MR) is 80.0 cm³/mol. The summed E-state index contributed by atoms with van der Waals surface area (Å²) in [5, 5.41) is 6.50. The zero-order chi connectivity index (χ0) is 14.4. The topological polar surface area (TPSA) is 50.4 Å². The Kier molecular flexibility index (Phi) is 5.01. The maximum absolute atomic E-state index is 12.1. The van der Waals surface area contributed by atoms with Crippen LogP contribution in [-0.4, -0.2) is 31.6 Å². The first-order valence-corrected chi connectivity index (χ1v) is 7.26. The van der Waals surface area contributed by atoms with Gasteiger partial charge in [-0.1, -0.05) is 12.1 Å². The van der Waals surface area contributed by atoms with E-state index in [0.717, 1.165) is 43.7 Å². The van der Waals surface area contributed by atoms with Crippen LogP contribution in [0.5, 0.6) is 5.75 Å². The highest BCUT2D eigenvalue weighted by molar-refractivity contribution is 5.77. The van der Waals surface area contributed by atoms with Gasteiger partial charge < -0.3 is 15.4 Å². The van der Waals surface area contributed by atoms with Crippen molar-refractivity contribution in [2.75, 3.05) is 20.2 Å². The number of piperidine rings is 1. The highest BCUT2D eigenvalue weighted by Gasteiger charge is 2.27. The molecule has 4 nitrogen and oxygen atoms in total. The van der Waals surface area contributed by atoms with Crippen LogP contribution in [0.15, 0.2) is 24.3 Å². The average Bonchev–Trinajstić information content (AvgIpc) is 2.46. The van der Waals surface area contributed by atoms with Crippen molar-refractivity contribution >= 4 is 5.91 Å². The highest BCUT2D eigenvalue weighted by atomic mass is 16.5. The van der Waals surface area contributed by atoms with Gasteiger partial charge in [-0.05, 0) is 57.0 Å². The minimum atomic E-state index is -0.0394. The van der Waals surface area contributed by atoms with Crippen LogP contribution in [0.25, 0.3) is 0 Å². The molecule has 1 aromatic carbocycles. The molecule has 1 saturated heterocycles. The second kappa shape index (κ2) is 6.75. The molecule has 0 radical (unpaired) electrons. The van der Waals surface area contributed by atoms with E-state index in [9.17, 15) is 4.79 Å². The molecule has 2 N–H and O–H groups in total. The summed E-state index contributed by atoms with van der Waals surface area (Å²) >= 11 is 0. The van der Waals surface area contributed by atoms with Gasteiger partial charge in [-0.25, -0.2) is 0 Å². The summed E-state index contributed by atoms with van der Waals surface area (Å²) in [6.45, 7) is 4.10. The molecule has 0 unspecified atom stereocenters. The lowest BCUT2D eigenvalue weighted by Crippen LogP contribution is -2.52. The molecule has 2 rings (SSSR count). The summed E-state index contributed by atoms with van der Waals surface area (Å²) in [4.78, 5) is 12.1. The maximum atomic E-state index is 12.1. The Morgan fingerprint density at radius 2 is 1.95 bits per heavy atom. The van der Waals surface area contributed by atoms with Crippen molar-refractivity contribution in [1.82, 2.24) is 10.6 Å². The average molecular weight is 276 g/mol. The molecule has 1 fully saturated rings. The Hall–Kier alpha value is -1.55. The number of carbonyl (C=O) groups is 1. The molecule has 4 heteroatoms. The number of ether oxygens (including phenoxy) is 1. The van der Waals surface area contributed by atoms with Gasteiger partial charge >= 0.3 is 0 Å². The number of nitrogens with one attached hydrogen (secondary N) is 2. The normalized spacial score (nSPS) is 17.5. The van der Waals surface area contributed by atoms with Crippen LogP contribution in [0.3, 0.4) is 0 Å². The Balaban J connectivity index is 1.79. The number of rotatable bonds is 5. The van der Waals surface area contributed by atoms with Gasteiger partial charge in [0.25, 0.3) is 0 Å². The first kappa shape index (κ1) is 14.9. The van der Waals surface area contributed by atoms with Gasteiger partial charge in [0.05, 0.1) is 7.11 Å². The Labute approximate surface area is 120 Å². The third kappa shape index (κ3) is 4.23. The van der Waals surface area contributed by atoms with Crippen LogP contribution in [0.2, 0.25) is 0 Å². The number of aryl methyl sites for hydroxylation is 1. The van der Waals surface area contributed by atoms with E-state index < -0.39 is 0 Å². The van der Waals surface area contributed by atoms with Gasteiger partial charge in [0.1, 0.15) is 5.75 Å². The van der Waals surface area contributed by atoms with Crippen LogP contribution < -0.4 is 15.4 Å². The molecular formula is C16H24N2O2. The quantitative estimate of drug-likeness (QED) is 0.863. The largest absolute Gasteiger partial charge is 0.497 e. The SMILES string of the molecule is COc1ccc(CCC(=O)NC2(C)CCNCC2)cc1. The summed E-state index contributed by atoms with van der Waals surface area (Å²) in [5.41, 5.74) is 1.12. The molecule has 1 aliphatic rings. The summed E-state index contributed by atoms with van der Waals surface area (Å²) in [5.74, 6) is 0.991. The van der Waals surface area contributed by atoms with Gasteiger partial charge in [0, 0.05) is 12.0 Å². The summed E-state index contributed by atoms with van der Waals surface area (Å²) in [6, 6.07) is 7.89. The summed E-state index contributed by atoms with van der Waals surface area (Å²) in [6.07, 6.45) is 3.31. The van der Waals surface area contributed by atoms with E-state index in [1.54, 1.807) is 7.11 Å². The van der Waals surface area contributed by atoms with E-state index in [1.165, 1.54) is 0 Å². The number of hydrogen-bond donors (Lipinski definition) is 2. The van der Waals surface area contributed by atoms with E-state index in [1.807, 2.05) is 24.3 Å². The number of hydrogen-bond acceptors (Lipinski definition) is 3. The number of amides is 1. The van der Waals surface area contributed by atoms with Crippen LogP contribution in [-0.2, 0) is 11.2 Å². The van der Waals surface area contributed by atoms with Crippen molar-refractivity contribution in [1.29, 1.82) is 0 Å². The first-order chi connectivity index (χ1) is 9.61. The smallest absolute Gasteiger partial charge is 0.220 e. The third-order valence-electron chi connectivity index (χ3n) is 3.95. The Morgan fingerprint density at radius 3 is 2.55 bits per heavy atom. The Bertz CT molecular complexity index is 436. The Morgan fingerprint density at radius 1 is 1.30 bits per heavy atom. The zero-order valence-electron chi connectivity index (χ0n) is 12.4. The number of carbonyl (C=O) groups excluding carboxylic acids is 1. The molecule has 1 aliphatic heterocycles. The summed E-state index contributed by atoms with van der Waals surface area (Å²) < 4.78 is 5.12. The zero-order valence-corrected chi connectivity index (χ0v) is 12.4. The number of methoxy groups -OCH3 is 1. The van der Waals surface area contributed by atoms with Crippen LogP contribution in [0.4, 0.5) is 0 Å². The molecule has 0 aliphatic carbocycles. The molecule has 0 saturated carbocycles. The molecule has 110 valence electrons. The monoisotopic (exact) mass is 276 g/mol. The van der Waals surface area contributed by atoms with Crippen molar-refractivity contribution in [3.05, 3.63) is 29.8 Å². The molecule has 20 heavy (non-hydrogen) atoms.